The molecule has 2 aromatic heterocycles. The normalized spacial score (nSPS) is 10.5. The third kappa shape index (κ3) is 1.10. The van der Waals surface area contributed by atoms with Gasteiger partial charge in [0.05, 0.1) is 0 Å². The van der Waals surface area contributed by atoms with Gasteiger partial charge < -0.3 is 15.2 Å². The van der Waals surface area contributed by atoms with Crippen LogP contribution in [0.15, 0.2) is 24.7 Å². The van der Waals surface area contributed by atoms with Gasteiger partial charge in [-0.1, -0.05) is 0 Å². The van der Waals surface area contributed by atoms with Crippen molar-refractivity contribution in [2.24, 2.45) is 5.73 Å². The Bertz CT molecular complexity index is 474. The molecule has 5 nitrogen and oxygen atoms in total. The summed E-state index contributed by atoms with van der Waals surface area (Å²) >= 11 is 0. The molecule has 0 saturated heterocycles. The first-order chi connectivity index (χ1) is 6.18. The molecule has 0 bridgehead atoms. The van der Waals surface area contributed by atoms with E-state index in [4.69, 9.17) is 11.1 Å². The summed E-state index contributed by atoms with van der Waals surface area (Å²) in [6.45, 7) is 0. The molecular formula is C8H8N4O. The average molecular weight is 176 g/mol. The Morgan fingerprint density at radius 2 is 2.38 bits per heavy atom. The molecule has 0 saturated carbocycles. The Morgan fingerprint density at radius 3 is 3.08 bits per heavy atom. The Labute approximate surface area is 74.0 Å². The van der Waals surface area contributed by atoms with Gasteiger partial charge >= 0.3 is 0 Å². The zero-order valence-corrected chi connectivity index (χ0v) is 6.73. The lowest BCUT2D eigenvalue weighted by Crippen LogP contribution is -2.11. The predicted molar refractivity (Wildman–Crippen MR) is 47.9 cm³/mol. The van der Waals surface area contributed by atoms with Gasteiger partial charge in [0.2, 0.25) is 0 Å². The highest BCUT2D eigenvalue weighted by Crippen LogP contribution is 2.17. The minimum atomic E-state index is -0.0779. The lowest BCUT2D eigenvalue weighted by Gasteiger charge is -2.01. The van der Waals surface area contributed by atoms with Gasteiger partial charge in [0, 0.05) is 24.2 Å². The number of pyridine rings is 1. The Hall–Kier alpha value is -2.04. The van der Waals surface area contributed by atoms with Crippen LogP contribution in [0.25, 0.3) is 5.65 Å². The number of hydrogen-bond acceptors (Lipinski definition) is 3. The van der Waals surface area contributed by atoms with Gasteiger partial charge in [-0.25, -0.2) is 4.98 Å². The van der Waals surface area contributed by atoms with Crippen LogP contribution in [-0.4, -0.2) is 20.3 Å². The minimum absolute atomic E-state index is 0.0256. The van der Waals surface area contributed by atoms with Crippen LogP contribution in [0.5, 0.6) is 5.75 Å². The van der Waals surface area contributed by atoms with E-state index in [1.807, 2.05) is 0 Å². The third-order valence-corrected chi connectivity index (χ3v) is 1.78. The van der Waals surface area contributed by atoms with Crippen molar-refractivity contribution >= 4 is 11.5 Å². The molecule has 0 radical (unpaired) electrons. The maximum atomic E-state index is 9.45. The van der Waals surface area contributed by atoms with E-state index < -0.39 is 0 Å². The van der Waals surface area contributed by atoms with Crippen LogP contribution in [0.1, 0.15) is 5.56 Å². The van der Waals surface area contributed by atoms with E-state index in [1.165, 1.54) is 6.07 Å². The van der Waals surface area contributed by atoms with Crippen molar-refractivity contribution in [3.05, 3.63) is 30.2 Å². The summed E-state index contributed by atoms with van der Waals surface area (Å²) < 4.78 is 1.62. The first-order valence-electron chi connectivity index (χ1n) is 3.68. The van der Waals surface area contributed by atoms with E-state index in [-0.39, 0.29) is 11.6 Å². The molecule has 0 atom stereocenters. The van der Waals surface area contributed by atoms with Crippen LogP contribution in [0.4, 0.5) is 0 Å². The lowest BCUT2D eigenvalue weighted by molar-refractivity contribution is 0.477. The number of rotatable bonds is 1. The maximum Gasteiger partial charge on any atom is 0.179 e. The highest BCUT2D eigenvalue weighted by Gasteiger charge is 2.04. The first kappa shape index (κ1) is 7.60. The molecule has 66 valence electrons. The van der Waals surface area contributed by atoms with Crippen molar-refractivity contribution in [2.75, 3.05) is 0 Å². The van der Waals surface area contributed by atoms with Gasteiger partial charge in [-0.3, -0.25) is 5.41 Å². The fourth-order valence-electron chi connectivity index (χ4n) is 1.16. The van der Waals surface area contributed by atoms with E-state index in [1.54, 1.807) is 23.0 Å². The van der Waals surface area contributed by atoms with Crippen LogP contribution < -0.4 is 5.73 Å². The number of hydrogen-bond donors (Lipinski definition) is 3. The van der Waals surface area contributed by atoms with Crippen LogP contribution in [0.3, 0.4) is 0 Å². The Morgan fingerprint density at radius 1 is 1.62 bits per heavy atom. The minimum Gasteiger partial charge on any atom is -0.504 e. The van der Waals surface area contributed by atoms with E-state index in [0.717, 1.165) is 0 Å². The Balaban J connectivity index is 2.77. The molecule has 13 heavy (non-hydrogen) atoms. The van der Waals surface area contributed by atoms with Gasteiger partial charge in [0.15, 0.2) is 11.4 Å². The maximum absolute atomic E-state index is 9.45. The van der Waals surface area contributed by atoms with Gasteiger partial charge in [0.25, 0.3) is 0 Å². The van der Waals surface area contributed by atoms with Crippen molar-refractivity contribution in [3.8, 4) is 5.75 Å². The number of aromatic hydroxyl groups is 1. The fourth-order valence-corrected chi connectivity index (χ4v) is 1.16. The molecule has 0 aliphatic carbocycles. The highest BCUT2D eigenvalue weighted by molar-refractivity contribution is 5.95. The molecule has 2 rings (SSSR count). The molecule has 0 aromatic carbocycles. The molecule has 4 N–H and O–H groups in total. The molecule has 5 heteroatoms. The number of amidine groups is 1. The molecule has 2 heterocycles. The summed E-state index contributed by atoms with van der Waals surface area (Å²) in [7, 11) is 0. The van der Waals surface area contributed by atoms with Gasteiger partial charge in [-0.05, 0) is 6.07 Å². The van der Waals surface area contributed by atoms with Crippen molar-refractivity contribution in [3.63, 3.8) is 0 Å². The summed E-state index contributed by atoms with van der Waals surface area (Å²) in [5.41, 5.74) is 6.22. The highest BCUT2D eigenvalue weighted by atomic mass is 16.3. The van der Waals surface area contributed by atoms with Crippen LogP contribution in [0, 0.1) is 5.41 Å². The van der Waals surface area contributed by atoms with E-state index in [9.17, 15) is 5.11 Å². The number of nitrogens with one attached hydrogen (secondary N) is 1. The van der Waals surface area contributed by atoms with Crippen molar-refractivity contribution in [1.29, 1.82) is 5.41 Å². The molecule has 0 aliphatic heterocycles. The topological polar surface area (TPSA) is 87.4 Å². The van der Waals surface area contributed by atoms with E-state index in [2.05, 4.69) is 4.98 Å². The van der Waals surface area contributed by atoms with Crippen molar-refractivity contribution in [2.45, 2.75) is 0 Å². The van der Waals surface area contributed by atoms with Crippen LogP contribution >= 0.6 is 0 Å². The largest absolute Gasteiger partial charge is 0.504 e. The van der Waals surface area contributed by atoms with Crippen molar-refractivity contribution < 1.29 is 5.11 Å². The molecule has 0 spiro atoms. The first-order valence-corrected chi connectivity index (χ1v) is 3.68. The van der Waals surface area contributed by atoms with Gasteiger partial charge in [-0.15, -0.1) is 0 Å². The molecular weight excluding hydrogens is 168 g/mol. The standard InChI is InChI=1S/C8H8N4O/c9-7(10)5-3-6(13)8-11-1-2-12(8)4-5/h1-4,13H,(H3,9,10). The number of imidazole rings is 1. The quantitative estimate of drug-likeness (QED) is 0.432. The smallest absolute Gasteiger partial charge is 0.179 e. The summed E-state index contributed by atoms with van der Waals surface area (Å²) in [6.07, 6.45) is 4.89. The molecule has 2 aromatic rings. The molecule has 0 aliphatic rings. The zero-order valence-electron chi connectivity index (χ0n) is 6.73. The fraction of sp³-hybridized carbons (Fsp3) is 0. The summed E-state index contributed by atoms with van der Waals surface area (Å²) in [6, 6.07) is 1.42. The second-order valence-corrected chi connectivity index (χ2v) is 2.69. The van der Waals surface area contributed by atoms with Gasteiger partial charge in [-0.2, -0.15) is 0 Å². The molecule has 0 fully saturated rings. The van der Waals surface area contributed by atoms with Crippen LogP contribution in [0.2, 0.25) is 0 Å². The van der Waals surface area contributed by atoms with Gasteiger partial charge in [0.1, 0.15) is 5.84 Å². The number of nitrogens with zero attached hydrogens (tertiary/aromatic N) is 2. The number of nitrogens with two attached hydrogens (primary N) is 1. The second kappa shape index (κ2) is 2.48. The number of fused-ring (bicyclic) bond motifs is 1. The summed E-state index contributed by atoms with van der Waals surface area (Å²) in [5.74, 6) is -0.0522. The summed E-state index contributed by atoms with van der Waals surface area (Å²) in [5, 5.41) is 16.6. The van der Waals surface area contributed by atoms with Crippen LogP contribution in [-0.2, 0) is 0 Å². The lowest BCUT2D eigenvalue weighted by atomic mass is 10.2. The Kier molecular flexibility index (Phi) is 1.45. The molecule has 0 amide bonds. The SMILES string of the molecule is N=C(N)c1cc(O)c2nccn2c1. The number of aromatic nitrogens is 2. The monoisotopic (exact) mass is 176 g/mol. The third-order valence-electron chi connectivity index (χ3n) is 1.78. The van der Waals surface area contributed by atoms with E-state index >= 15 is 0 Å². The number of nitrogen functional groups attached to an aromatic ring is 1. The van der Waals surface area contributed by atoms with Crippen molar-refractivity contribution in [1.82, 2.24) is 9.38 Å². The summed E-state index contributed by atoms with van der Waals surface area (Å²) in [4.78, 5) is 3.92. The zero-order chi connectivity index (χ0) is 9.42. The van der Waals surface area contributed by atoms with E-state index in [0.29, 0.717) is 11.2 Å². The predicted octanol–water partition coefficient (Wildman–Crippen LogP) is 0.324. The molecule has 0 unspecified atom stereocenters. The average Bonchev–Trinajstić information content (AvgIpc) is 2.51. The second-order valence-electron chi connectivity index (χ2n) is 2.69.